The summed E-state index contributed by atoms with van der Waals surface area (Å²) < 4.78 is 19.8. The van der Waals surface area contributed by atoms with Crippen LogP contribution < -0.4 is 0 Å². The number of carbonyl (C=O) groups is 6. The number of ketones is 1. The Morgan fingerprint density at radius 3 is 1.50 bits per heavy atom. The van der Waals surface area contributed by atoms with Crippen LogP contribution in [0.1, 0.15) is 56.1 Å². The first-order valence-corrected chi connectivity index (χ1v) is 17.3. The van der Waals surface area contributed by atoms with Crippen LogP contribution in [0, 0.1) is 34.5 Å². The lowest BCUT2D eigenvalue weighted by atomic mass is 9.87. The Morgan fingerprint density at radius 2 is 1.13 bits per heavy atom. The van der Waals surface area contributed by atoms with E-state index in [2.05, 4.69) is 9.47 Å². The zero-order valence-electron chi connectivity index (χ0n) is 30.5. The highest BCUT2D eigenvalue weighted by Gasteiger charge is 2.29. The van der Waals surface area contributed by atoms with Crippen molar-refractivity contribution in [1.82, 2.24) is 9.80 Å². The monoisotopic (exact) mass is 746 g/mol. The summed E-state index contributed by atoms with van der Waals surface area (Å²) in [6.07, 6.45) is 2.74. The number of hydrogen-bond acceptors (Lipinski definition) is 12. The number of methoxy groups -OCH3 is 2. The Kier molecular flexibility index (Phi) is 20.2. The van der Waals surface area contributed by atoms with Gasteiger partial charge in [-0.3, -0.25) is 19.2 Å². The highest BCUT2D eigenvalue weighted by molar-refractivity contribution is 5.96. The summed E-state index contributed by atoms with van der Waals surface area (Å²) in [5.74, 6) is -2.14. The predicted octanol–water partition coefficient (Wildman–Crippen LogP) is 5.20. The number of nitriles is 2. The fourth-order valence-electron chi connectivity index (χ4n) is 5.50. The summed E-state index contributed by atoms with van der Waals surface area (Å²) in [6, 6.07) is 22.5. The molecular weight excluding hydrogens is 700 g/mol. The molecule has 288 valence electrons. The van der Waals surface area contributed by atoms with Gasteiger partial charge in [0.2, 0.25) is 0 Å². The number of piperidine rings is 2. The molecule has 1 N–H and O–H groups in total. The molecule has 15 nitrogen and oxygen atoms in total. The Morgan fingerprint density at radius 1 is 0.704 bits per heavy atom. The van der Waals surface area contributed by atoms with E-state index in [1.165, 1.54) is 26.4 Å². The molecule has 0 radical (unpaired) electrons. The molecule has 2 aliphatic heterocycles. The van der Waals surface area contributed by atoms with Crippen molar-refractivity contribution in [3.63, 3.8) is 0 Å². The van der Waals surface area contributed by atoms with Gasteiger partial charge in [0.25, 0.3) is 0 Å². The van der Waals surface area contributed by atoms with Crippen LogP contribution in [0.4, 0.5) is 9.59 Å². The first kappa shape index (κ1) is 43.9. The molecule has 0 spiro atoms. The standard InChI is InChI=1S/C19H22N2O4.C17H21NO5.C3H3NO2/c1-24-18(22)13-17(7-10-20)16-8-11-21(12-9-16)19(23)25-14-15-5-3-2-4-6-15;1-22-16(20)11-15(19)14-7-9-18(10-8-14)17(21)23-12-13-5-3-2-4-6-13;4-2-1-3(5)6/h2-7,16H,8-9,11-14H2,1H3;2-6,14H,7-12H2,1H3;1H2,(H,5,6)/b17-7-;;. The van der Waals surface area contributed by atoms with Gasteiger partial charge >= 0.3 is 30.1 Å². The first-order valence-electron chi connectivity index (χ1n) is 17.3. The Hall–Kier alpha value is -6.22. The topological polar surface area (TPSA) is 214 Å². The maximum absolute atomic E-state index is 12.2. The number of ether oxygens (including phenoxy) is 4. The van der Waals surface area contributed by atoms with Crippen molar-refractivity contribution < 1.29 is 52.8 Å². The van der Waals surface area contributed by atoms with E-state index in [0.29, 0.717) is 51.9 Å². The molecule has 0 aliphatic carbocycles. The maximum atomic E-state index is 12.2. The van der Waals surface area contributed by atoms with Gasteiger partial charge in [-0.05, 0) is 48.3 Å². The summed E-state index contributed by atoms with van der Waals surface area (Å²) in [6.45, 7) is 2.50. The third-order valence-corrected chi connectivity index (χ3v) is 8.50. The van der Waals surface area contributed by atoms with Gasteiger partial charge in [-0.2, -0.15) is 10.5 Å². The molecule has 15 heteroatoms. The van der Waals surface area contributed by atoms with E-state index in [9.17, 15) is 28.8 Å². The van der Waals surface area contributed by atoms with Crippen LogP contribution in [0.25, 0.3) is 0 Å². The molecule has 2 saturated heterocycles. The number of carboxylic acids is 1. The number of benzene rings is 2. The maximum Gasteiger partial charge on any atom is 0.410 e. The highest BCUT2D eigenvalue weighted by atomic mass is 16.6. The van der Waals surface area contributed by atoms with E-state index in [1.807, 2.05) is 66.7 Å². The molecule has 0 saturated carbocycles. The van der Waals surface area contributed by atoms with Crippen molar-refractivity contribution in [2.24, 2.45) is 11.8 Å². The van der Waals surface area contributed by atoms with Crippen molar-refractivity contribution in [2.45, 2.75) is 58.2 Å². The van der Waals surface area contributed by atoms with Gasteiger partial charge in [-0.1, -0.05) is 60.7 Å². The SMILES string of the molecule is COC(=O)C/C(=C/C#N)C1CCN(C(=O)OCc2ccccc2)CC1.COC(=O)CC(=O)C1CCN(C(=O)OCc2ccccc2)CC1.N#CCC(=O)O. The molecule has 0 unspecified atom stereocenters. The molecule has 0 aromatic heterocycles. The third kappa shape index (κ3) is 16.9. The predicted molar refractivity (Wildman–Crippen MR) is 192 cm³/mol. The summed E-state index contributed by atoms with van der Waals surface area (Å²) in [5.41, 5.74) is 2.65. The minimum atomic E-state index is -1.07. The number of allylic oxidation sites excluding steroid dienone is 1. The number of likely N-dealkylation sites (tertiary alicyclic amines) is 2. The van der Waals surface area contributed by atoms with Gasteiger partial charge in [0.1, 0.15) is 31.8 Å². The summed E-state index contributed by atoms with van der Waals surface area (Å²) in [4.78, 5) is 71.3. The number of Topliss-reactive ketones (excluding diaryl/α,β-unsaturated/α-hetero) is 1. The van der Waals surface area contributed by atoms with E-state index in [0.717, 1.165) is 16.7 Å². The van der Waals surface area contributed by atoms with Crippen molar-refractivity contribution >= 4 is 35.9 Å². The van der Waals surface area contributed by atoms with E-state index in [-0.39, 0.29) is 61.8 Å². The van der Waals surface area contributed by atoms with Crippen molar-refractivity contribution in [3.8, 4) is 12.1 Å². The second kappa shape index (κ2) is 24.9. The summed E-state index contributed by atoms with van der Waals surface area (Å²) in [5, 5.41) is 24.2. The van der Waals surface area contributed by atoms with Crippen molar-refractivity contribution in [3.05, 3.63) is 83.4 Å². The molecule has 2 aliphatic rings. The molecule has 2 aromatic rings. The Balaban J connectivity index is 0.000000325. The number of hydrogen-bond donors (Lipinski definition) is 1. The number of esters is 2. The van der Waals surface area contributed by atoms with E-state index in [1.54, 1.807) is 9.80 Å². The number of aliphatic carboxylic acids is 1. The van der Waals surface area contributed by atoms with Crippen LogP contribution >= 0.6 is 0 Å². The minimum Gasteiger partial charge on any atom is -0.480 e. The molecule has 2 fully saturated rings. The van der Waals surface area contributed by atoms with Gasteiger partial charge in [0, 0.05) is 38.2 Å². The Labute approximate surface area is 314 Å². The second-order valence-corrected chi connectivity index (χ2v) is 12.2. The van der Waals surface area contributed by atoms with E-state index in [4.69, 9.17) is 25.1 Å². The Bertz CT molecular complexity index is 1640. The number of rotatable bonds is 11. The first-order chi connectivity index (χ1) is 26.0. The number of amides is 2. The lowest BCUT2D eigenvalue weighted by Gasteiger charge is -2.32. The smallest absolute Gasteiger partial charge is 0.410 e. The fourth-order valence-corrected chi connectivity index (χ4v) is 5.50. The van der Waals surface area contributed by atoms with Crippen LogP contribution in [-0.4, -0.2) is 91.2 Å². The molecule has 0 atom stereocenters. The summed E-state index contributed by atoms with van der Waals surface area (Å²) in [7, 11) is 2.60. The number of carbonyl (C=O) groups excluding carboxylic acids is 5. The number of carboxylic acid groups (broad SMARTS) is 1. The van der Waals surface area contributed by atoms with E-state index < -0.39 is 18.4 Å². The highest BCUT2D eigenvalue weighted by Crippen LogP contribution is 2.27. The van der Waals surface area contributed by atoms with Crippen molar-refractivity contribution in [2.75, 3.05) is 40.4 Å². The zero-order chi connectivity index (χ0) is 39.7. The normalized spacial score (nSPS) is 14.3. The largest absolute Gasteiger partial charge is 0.480 e. The minimum absolute atomic E-state index is 0.108. The molecule has 4 rings (SSSR count). The lowest BCUT2D eigenvalue weighted by Crippen LogP contribution is -2.40. The molecule has 2 amide bonds. The molecule has 2 aromatic carbocycles. The van der Waals surface area contributed by atoms with Crippen LogP contribution in [0.3, 0.4) is 0 Å². The lowest BCUT2D eigenvalue weighted by molar-refractivity contribution is -0.145. The average Bonchev–Trinajstić information content (AvgIpc) is 3.20. The fraction of sp³-hybridized carbons (Fsp3) is 0.436. The average molecular weight is 747 g/mol. The molecular formula is C39H46N4O11. The third-order valence-electron chi connectivity index (χ3n) is 8.50. The number of nitrogens with zero attached hydrogens (tertiary/aromatic N) is 4. The van der Waals surface area contributed by atoms with E-state index >= 15 is 0 Å². The zero-order valence-corrected chi connectivity index (χ0v) is 30.5. The van der Waals surface area contributed by atoms with Crippen LogP contribution in [0.5, 0.6) is 0 Å². The quantitative estimate of drug-likeness (QED) is 0.136. The van der Waals surface area contributed by atoms with Gasteiger partial charge in [0.15, 0.2) is 0 Å². The van der Waals surface area contributed by atoms with Crippen LogP contribution in [0.2, 0.25) is 0 Å². The van der Waals surface area contributed by atoms with Crippen LogP contribution in [-0.2, 0) is 51.3 Å². The van der Waals surface area contributed by atoms with Crippen LogP contribution in [0.15, 0.2) is 72.3 Å². The van der Waals surface area contributed by atoms with Gasteiger partial charge < -0.3 is 33.9 Å². The molecule has 2 heterocycles. The van der Waals surface area contributed by atoms with Gasteiger partial charge in [-0.25, -0.2) is 9.59 Å². The molecule has 0 bridgehead atoms. The van der Waals surface area contributed by atoms with Crippen molar-refractivity contribution in [1.29, 1.82) is 10.5 Å². The second-order valence-electron chi connectivity index (χ2n) is 12.2. The molecule has 54 heavy (non-hydrogen) atoms. The summed E-state index contributed by atoms with van der Waals surface area (Å²) >= 11 is 0. The van der Waals surface area contributed by atoms with Gasteiger partial charge in [0.05, 0.1) is 32.8 Å². The van der Waals surface area contributed by atoms with Gasteiger partial charge in [-0.15, -0.1) is 0 Å².